The first-order valence-electron chi connectivity index (χ1n) is 10.2. The average molecular weight is 460 g/mol. The van der Waals surface area contributed by atoms with Gasteiger partial charge >= 0.3 is 0 Å². The van der Waals surface area contributed by atoms with Gasteiger partial charge in [-0.3, -0.25) is 9.59 Å². The number of Topliss-reactive ketones (excluding diaryl/α,β-unsaturated/α-hetero) is 2. The van der Waals surface area contributed by atoms with Gasteiger partial charge in [0.25, 0.3) is 0 Å². The molecule has 0 bridgehead atoms. The highest BCUT2D eigenvalue weighted by atomic mass is 79.9. The van der Waals surface area contributed by atoms with Gasteiger partial charge in [0.1, 0.15) is 0 Å². The number of carbonyl (C=O) groups excluding carboxylic acids is 2. The van der Waals surface area contributed by atoms with Crippen molar-refractivity contribution in [1.82, 2.24) is 4.90 Å². The molecule has 0 saturated heterocycles. The third-order valence-electron chi connectivity index (χ3n) is 6.11. The second kappa shape index (κ2) is 7.98. The highest BCUT2D eigenvalue weighted by molar-refractivity contribution is 9.10. The number of halogens is 1. The fourth-order valence-corrected chi connectivity index (χ4v) is 5.52. The Labute approximate surface area is 179 Å². The molecule has 1 aromatic rings. The third kappa shape index (κ3) is 3.31. The van der Waals surface area contributed by atoms with Crippen molar-refractivity contribution in [3.8, 4) is 11.5 Å². The third-order valence-corrected chi connectivity index (χ3v) is 6.70. The Morgan fingerprint density at radius 1 is 1.03 bits per heavy atom. The Morgan fingerprint density at radius 2 is 1.62 bits per heavy atom. The molecular formula is C23H26BrNO4. The number of rotatable bonds is 4. The molecule has 0 fully saturated rings. The maximum atomic E-state index is 13.1. The summed E-state index contributed by atoms with van der Waals surface area (Å²) < 4.78 is 12.1. The van der Waals surface area contributed by atoms with Gasteiger partial charge in [-0.1, -0.05) is 0 Å². The smallest absolute Gasteiger partial charge is 0.174 e. The number of methoxy groups -OCH3 is 1. The normalized spacial score (nSPS) is 20.1. The van der Waals surface area contributed by atoms with E-state index in [0.717, 1.165) is 58.3 Å². The van der Waals surface area contributed by atoms with Gasteiger partial charge in [-0.15, -0.1) is 0 Å². The van der Waals surface area contributed by atoms with E-state index < -0.39 is 0 Å². The quantitative estimate of drug-likeness (QED) is 0.640. The van der Waals surface area contributed by atoms with E-state index in [-0.39, 0.29) is 17.5 Å². The molecule has 6 heteroatoms. The number of hydrogen-bond acceptors (Lipinski definition) is 5. The molecule has 5 nitrogen and oxygen atoms in total. The van der Waals surface area contributed by atoms with E-state index in [1.165, 1.54) is 0 Å². The monoisotopic (exact) mass is 459 g/mol. The van der Waals surface area contributed by atoms with Crippen molar-refractivity contribution < 1.29 is 19.1 Å². The zero-order valence-electron chi connectivity index (χ0n) is 17.1. The number of ketones is 2. The van der Waals surface area contributed by atoms with Gasteiger partial charge in [-0.2, -0.15) is 0 Å². The lowest BCUT2D eigenvalue weighted by Crippen LogP contribution is -2.37. The highest BCUT2D eigenvalue weighted by Gasteiger charge is 2.42. The first-order chi connectivity index (χ1) is 14.0. The van der Waals surface area contributed by atoms with Crippen molar-refractivity contribution in [3.63, 3.8) is 0 Å². The van der Waals surface area contributed by atoms with Crippen LogP contribution < -0.4 is 9.47 Å². The lowest BCUT2D eigenvalue weighted by atomic mass is 9.71. The van der Waals surface area contributed by atoms with Crippen molar-refractivity contribution in [2.75, 3.05) is 20.8 Å². The number of benzene rings is 1. The van der Waals surface area contributed by atoms with Crippen LogP contribution in [-0.2, 0) is 9.59 Å². The second-order valence-electron chi connectivity index (χ2n) is 7.73. The summed E-state index contributed by atoms with van der Waals surface area (Å²) in [4.78, 5) is 28.3. The molecule has 0 unspecified atom stereocenters. The molecule has 29 heavy (non-hydrogen) atoms. The molecule has 0 spiro atoms. The largest absolute Gasteiger partial charge is 0.492 e. The maximum Gasteiger partial charge on any atom is 0.174 e. The summed E-state index contributed by atoms with van der Waals surface area (Å²) in [7, 11) is 3.61. The minimum Gasteiger partial charge on any atom is -0.492 e. The summed E-state index contributed by atoms with van der Waals surface area (Å²) >= 11 is 3.60. The zero-order valence-corrected chi connectivity index (χ0v) is 18.7. The number of hydrogen-bond donors (Lipinski definition) is 0. The summed E-state index contributed by atoms with van der Waals surface area (Å²) in [5, 5.41) is 0. The summed E-state index contributed by atoms with van der Waals surface area (Å²) in [6.07, 6.45) is 4.54. The van der Waals surface area contributed by atoms with Crippen LogP contribution in [0.2, 0.25) is 0 Å². The predicted molar refractivity (Wildman–Crippen MR) is 114 cm³/mol. The molecule has 2 aliphatic carbocycles. The van der Waals surface area contributed by atoms with Gasteiger partial charge in [0.2, 0.25) is 0 Å². The van der Waals surface area contributed by atoms with Crippen molar-refractivity contribution in [3.05, 3.63) is 44.7 Å². The van der Waals surface area contributed by atoms with Gasteiger partial charge in [0, 0.05) is 48.3 Å². The molecule has 154 valence electrons. The molecule has 0 amide bonds. The van der Waals surface area contributed by atoms with E-state index in [4.69, 9.17) is 9.47 Å². The number of allylic oxidation sites excluding steroid dienone is 4. The van der Waals surface area contributed by atoms with Crippen LogP contribution in [0.25, 0.3) is 0 Å². The van der Waals surface area contributed by atoms with Crippen LogP contribution in [0.3, 0.4) is 0 Å². The molecule has 0 radical (unpaired) electrons. The molecule has 1 heterocycles. The summed E-state index contributed by atoms with van der Waals surface area (Å²) in [6.45, 7) is 2.42. The fraction of sp³-hybridized carbons (Fsp3) is 0.478. The van der Waals surface area contributed by atoms with E-state index in [9.17, 15) is 9.59 Å². The van der Waals surface area contributed by atoms with Crippen LogP contribution in [-0.4, -0.2) is 37.2 Å². The van der Waals surface area contributed by atoms with Gasteiger partial charge in [0.15, 0.2) is 23.1 Å². The molecule has 4 rings (SSSR count). The summed E-state index contributed by atoms with van der Waals surface area (Å²) in [5.74, 6) is 1.21. The fourth-order valence-electron chi connectivity index (χ4n) is 4.90. The Morgan fingerprint density at radius 3 is 2.14 bits per heavy atom. The molecule has 0 N–H and O–H groups in total. The van der Waals surface area contributed by atoms with Crippen LogP contribution in [0, 0.1) is 0 Å². The highest BCUT2D eigenvalue weighted by Crippen LogP contribution is 2.50. The van der Waals surface area contributed by atoms with Crippen LogP contribution in [0.1, 0.15) is 56.9 Å². The van der Waals surface area contributed by atoms with Crippen LogP contribution in [0.4, 0.5) is 0 Å². The van der Waals surface area contributed by atoms with E-state index in [1.54, 1.807) is 7.11 Å². The number of nitrogens with zero attached hydrogens (tertiary/aromatic N) is 1. The lowest BCUT2D eigenvalue weighted by molar-refractivity contribution is -0.117. The molecule has 0 aromatic heterocycles. The predicted octanol–water partition coefficient (Wildman–Crippen LogP) is 4.90. The zero-order chi connectivity index (χ0) is 20.7. The van der Waals surface area contributed by atoms with E-state index in [0.29, 0.717) is 30.9 Å². The van der Waals surface area contributed by atoms with Crippen molar-refractivity contribution in [2.45, 2.75) is 51.4 Å². The lowest BCUT2D eigenvalue weighted by Gasteiger charge is -2.42. The van der Waals surface area contributed by atoms with Crippen LogP contribution >= 0.6 is 15.9 Å². The van der Waals surface area contributed by atoms with E-state index in [2.05, 4.69) is 20.8 Å². The topological polar surface area (TPSA) is 55.8 Å². The average Bonchev–Trinajstić information content (AvgIpc) is 2.69. The Bertz CT molecular complexity index is 902. The van der Waals surface area contributed by atoms with Crippen molar-refractivity contribution >= 4 is 27.5 Å². The molecule has 1 aliphatic heterocycles. The van der Waals surface area contributed by atoms with Crippen LogP contribution in [0.5, 0.6) is 11.5 Å². The molecule has 3 aliphatic rings. The Hall–Kier alpha value is -2.08. The van der Waals surface area contributed by atoms with E-state index in [1.807, 2.05) is 26.1 Å². The minimum atomic E-state index is -0.335. The summed E-state index contributed by atoms with van der Waals surface area (Å²) in [6, 6.07) is 3.90. The number of ether oxygens (including phenoxy) is 2. The molecule has 0 atom stereocenters. The number of carbonyl (C=O) groups is 2. The van der Waals surface area contributed by atoms with E-state index >= 15 is 0 Å². The van der Waals surface area contributed by atoms with Gasteiger partial charge < -0.3 is 14.4 Å². The molecule has 1 aromatic carbocycles. The molecular weight excluding hydrogens is 434 g/mol. The first kappa shape index (κ1) is 20.2. The van der Waals surface area contributed by atoms with Crippen molar-refractivity contribution in [1.29, 1.82) is 0 Å². The Balaban J connectivity index is 1.96. The van der Waals surface area contributed by atoms with Gasteiger partial charge in [-0.05, 0) is 66.2 Å². The maximum absolute atomic E-state index is 13.1. The SMILES string of the molecule is CCOc1cc(C2C3=C(CCCC3=O)N(C)C3=C2C(=O)CCC3)cc(Br)c1OC. The van der Waals surface area contributed by atoms with Gasteiger partial charge in [-0.25, -0.2) is 0 Å². The molecule has 0 saturated carbocycles. The standard InChI is InChI=1S/C23H26BrNO4/c1-4-29-19-12-13(11-14(24)23(19)28-3)20-21-15(7-5-9-17(21)26)25(2)16-8-6-10-18(27)22(16)20/h11-12,20H,4-10H2,1-3H3. The van der Waals surface area contributed by atoms with Gasteiger partial charge in [0.05, 0.1) is 18.2 Å². The van der Waals surface area contributed by atoms with Crippen LogP contribution in [0.15, 0.2) is 39.1 Å². The minimum absolute atomic E-state index is 0.151. The second-order valence-corrected chi connectivity index (χ2v) is 8.59. The Kier molecular flexibility index (Phi) is 5.56. The summed E-state index contributed by atoms with van der Waals surface area (Å²) in [5.41, 5.74) is 4.62. The first-order valence-corrected chi connectivity index (χ1v) is 11.0. The van der Waals surface area contributed by atoms with Crippen molar-refractivity contribution in [2.24, 2.45) is 0 Å².